The number of benzene rings is 1. The number of nitrogens with zero attached hydrogens (tertiary/aromatic N) is 2. The number of rotatable bonds is 2. The second kappa shape index (κ2) is 7.28. The van der Waals surface area contributed by atoms with Crippen LogP contribution >= 0.6 is 11.6 Å². The van der Waals surface area contributed by atoms with Crippen LogP contribution in [0, 0.1) is 0 Å². The Morgan fingerprint density at radius 2 is 2.00 bits per heavy atom. The first-order chi connectivity index (χ1) is 11.2. The third kappa shape index (κ3) is 4.10. The van der Waals surface area contributed by atoms with Gasteiger partial charge in [-0.15, -0.1) is 0 Å². The summed E-state index contributed by atoms with van der Waals surface area (Å²) in [5.41, 5.74) is 7.53. The molecule has 23 heavy (non-hydrogen) atoms. The molecule has 0 saturated heterocycles. The van der Waals surface area contributed by atoms with E-state index in [-0.39, 0.29) is 5.91 Å². The highest BCUT2D eigenvalue weighted by molar-refractivity contribution is 6.30. The first-order valence-corrected chi connectivity index (χ1v) is 8.01. The average Bonchev–Trinajstić information content (AvgIpc) is 2.91. The van der Waals surface area contributed by atoms with Gasteiger partial charge >= 0.3 is 0 Å². The van der Waals surface area contributed by atoms with Crippen molar-refractivity contribution in [2.45, 2.75) is 25.7 Å². The van der Waals surface area contributed by atoms with Crippen molar-refractivity contribution in [2.75, 3.05) is 6.54 Å². The number of hydrogen-bond donors (Lipinski definition) is 3. The summed E-state index contributed by atoms with van der Waals surface area (Å²) in [6, 6.07) is 9.00. The van der Waals surface area contributed by atoms with Gasteiger partial charge in [0.1, 0.15) is 11.5 Å². The number of nitrogens with one attached hydrogen (secondary N) is 3. The lowest BCUT2D eigenvalue weighted by Gasteiger charge is -2.08. The lowest BCUT2D eigenvalue weighted by atomic mass is 10.1. The predicted octanol–water partition coefficient (Wildman–Crippen LogP) is 2.94. The van der Waals surface area contributed by atoms with Crippen molar-refractivity contribution in [2.24, 2.45) is 4.99 Å². The molecular formula is C16H18ClN5O. The third-order valence-corrected chi connectivity index (χ3v) is 3.91. The summed E-state index contributed by atoms with van der Waals surface area (Å²) >= 11 is 5.87. The number of hydrazine groups is 1. The topological polar surface area (TPSA) is 82.2 Å². The zero-order chi connectivity index (χ0) is 16.1. The summed E-state index contributed by atoms with van der Waals surface area (Å²) in [6.45, 7) is 0.809. The van der Waals surface area contributed by atoms with Crippen LogP contribution in [0.15, 0.2) is 35.3 Å². The van der Waals surface area contributed by atoms with E-state index in [9.17, 15) is 4.79 Å². The van der Waals surface area contributed by atoms with Crippen LogP contribution in [0.5, 0.6) is 0 Å². The molecule has 1 aromatic carbocycles. The molecule has 0 aliphatic carbocycles. The maximum atomic E-state index is 12.2. The summed E-state index contributed by atoms with van der Waals surface area (Å²) in [6.07, 6.45) is 4.23. The molecule has 0 fully saturated rings. The van der Waals surface area contributed by atoms with E-state index in [1.165, 1.54) is 6.42 Å². The molecule has 0 bridgehead atoms. The number of aromatic nitrogens is 2. The SMILES string of the molecule is O=C(NNC1=NCCCCC1)c1cc(-c2ccc(Cl)cc2)n[nH]1. The van der Waals surface area contributed by atoms with Crippen molar-refractivity contribution < 1.29 is 4.79 Å². The van der Waals surface area contributed by atoms with Crippen LogP contribution in [0.1, 0.15) is 36.2 Å². The minimum Gasteiger partial charge on any atom is -0.285 e. The van der Waals surface area contributed by atoms with Gasteiger partial charge in [-0.3, -0.25) is 25.7 Å². The monoisotopic (exact) mass is 331 g/mol. The number of aromatic amines is 1. The highest BCUT2D eigenvalue weighted by atomic mass is 35.5. The molecule has 0 radical (unpaired) electrons. The molecule has 1 aliphatic heterocycles. The molecule has 1 amide bonds. The van der Waals surface area contributed by atoms with E-state index in [1.54, 1.807) is 18.2 Å². The van der Waals surface area contributed by atoms with E-state index >= 15 is 0 Å². The number of amidine groups is 1. The second-order valence-electron chi connectivity index (χ2n) is 5.39. The van der Waals surface area contributed by atoms with Crippen molar-refractivity contribution in [1.29, 1.82) is 0 Å². The fourth-order valence-corrected chi connectivity index (χ4v) is 2.50. The normalized spacial score (nSPS) is 14.7. The van der Waals surface area contributed by atoms with Gasteiger partial charge in [-0.05, 0) is 31.0 Å². The van der Waals surface area contributed by atoms with E-state index in [0.717, 1.165) is 37.2 Å². The van der Waals surface area contributed by atoms with Crippen LogP contribution in [-0.2, 0) is 0 Å². The Morgan fingerprint density at radius 3 is 2.83 bits per heavy atom. The predicted molar refractivity (Wildman–Crippen MR) is 90.4 cm³/mol. The number of carbonyl (C=O) groups is 1. The lowest BCUT2D eigenvalue weighted by molar-refractivity contribution is 0.0938. The molecule has 2 heterocycles. The zero-order valence-electron chi connectivity index (χ0n) is 12.6. The Bertz CT molecular complexity index is 708. The lowest BCUT2D eigenvalue weighted by Crippen LogP contribution is -2.41. The van der Waals surface area contributed by atoms with Crippen LogP contribution in [0.25, 0.3) is 11.3 Å². The van der Waals surface area contributed by atoms with Crippen molar-refractivity contribution >= 4 is 23.3 Å². The van der Waals surface area contributed by atoms with Gasteiger partial charge in [-0.25, -0.2) is 0 Å². The number of hydrogen-bond acceptors (Lipinski definition) is 4. The van der Waals surface area contributed by atoms with Crippen molar-refractivity contribution in [3.05, 3.63) is 41.0 Å². The van der Waals surface area contributed by atoms with Crippen molar-refractivity contribution in [3.63, 3.8) is 0 Å². The Morgan fingerprint density at radius 1 is 1.17 bits per heavy atom. The zero-order valence-corrected chi connectivity index (χ0v) is 13.4. The molecule has 0 saturated carbocycles. The van der Waals surface area contributed by atoms with Gasteiger partial charge in [0.2, 0.25) is 0 Å². The minimum absolute atomic E-state index is 0.273. The van der Waals surface area contributed by atoms with Crippen LogP contribution in [0.4, 0.5) is 0 Å². The molecule has 0 spiro atoms. The fourth-order valence-electron chi connectivity index (χ4n) is 2.38. The summed E-state index contributed by atoms with van der Waals surface area (Å²) in [5, 5.41) is 7.57. The van der Waals surface area contributed by atoms with Gasteiger partial charge in [-0.2, -0.15) is 5.10 Å². The maximum absolute atomic E-state index is 12.2. The minimum atomic E-state index is -0.273. The molecule has 7 heteroatoms. The number of aliphatic imine (C=N–C) groups is 1. The average molecular weight is 332 g/mol. The molecule has 2 aromatic rings. The molecule has 3 rings (SSSR count). The van der Waals surface area contributed by atoms with Gasteiger partial charge in [0.25, 0.3) is 5.91 Å². The third-order valence-electron chi connectivity index (χ3n) is 3.66. The molecule has 3 N–H and O–H groups in total. The largest absolute Gasteiger partial charge is 0.287 e. The Hall–Kier alpha value is -2.34. The van der Waals surface area contributed by atoms with Gasteiger partial charge in [0.15, 0.2) is 0 Å². The van der Waals surface area contributed by atoms with E-state index in [1.807, 2.05) is 12.1 Å². The van der Waals surface area contributed by atoms with Crippen LogP contribution in [0.3, 0.4) is 0 Å². The van der Waals surface area contributed by atoms with E-state index < -0.39 is 0 Å². The molecule has 120 valence electrons. The first kappa shape index (κ1) is 15.6. The molecular weight excluding hydrogens is 314 g/mol. The highest BCUT2D eigenvalue weighted by Crippen LogP contribution is 2.20. The number of halogens is 1. The van der Waals surface area contributed by atoms with Crippen molar-refractivity contribution in [3.8, 4) is 11.3 Å². The highest BCUT2D eigenvalue weighted by Gasteiger charge is 2.12. The molecule has 1 aromatic heterocycles. The smallest absolute Gasteiger partial charge is 0.285 e. The Kier molecular flexibility index (Phi) is 4.92. The summed E-state index contributed by atoms with van der Waals surface area (Å²) in [5.74, 6) is 0.554. The fraction of sp³-hybridized carbons (Fsp3) is 0.312. The van der Waals surface area contributed by atoms with Crippen molar-refractivity contribution in [1.82, 2.24) is 21.0 Å². The Labute approximate surface area is 139 Å². The van der Waals surface area contributed by atoms with Gasteiger partial charge in [-0.1, -0.05) is 30.2 Å². The number of carbonyl (C=O) groups excluding carboxylic acids is 1. The summed E-state index contributed by atoms with van der Waals surface area (Å²) in [4.78, 5) is 16.6. The first-order valence-electron chi connectivity index (χ1n) is 7.63. The van der Waals surface area contributed by atoms with E-state index in [0.29, 0.717) is 16.4 Å². The quantitative estimate of drug-likeness (QED) is 0.740. The summed E-state index contributed by atoms with van der Waals surface area (Å²) < 4.78 is 0. The molecule has 6 nitrogen and oxygen atoms in total. The maximum Gasteiger partial charge on any atom is 0.287 e. The number of H-pyrrole nitrogens is 1. The van der Waals surface area contributed by atoms with Crippen LogP contribution < -0.4 is 10.9 Å². The standard InChI is InChI=1S/C16H18ClN5O/c17-12-7-5-11(6-8-12)13-10-14(20-19-13)16(23)22-21-15-4-2-1-3-9-18-15/h5-8,10H,1-4,9H2,(H,18,21)(H,19,20)(H,22,23). The second-order valence-corrected chi connectivity index (χ2v) is 5.83. The molecule has 0 unspecified atom stereocenters. The molecule has 1 aliphatic rings. The van der Waals surface area contributed by atoms with Crippen LogP contribution in [-0.4, -0.2) is 28.5 Å². The molecule has 0 atom stereocenters. The Balaban J connectivity index is 1.62. The summed E-state index contributed by atoms with van der Waals surface area (Å²) in [7, 11) is 0. The van der Waals surface area contributed by atoms with Gasteiger partial charge in [0.05, 0.1) is 5.69 Å². The van der Waals surface area contributed by atoms with Crippen LogP contribution in [0.2, 0.25) is 5.02 Å². The van der Waals surface area contributed by atoms with E-state index in [4.69, 9.17) is 11.6 Å². The van der Waals surface area contributed by atoms with E-state index in [2.05, 4.69) is 26.0 Å². The van der Waals surface area contributed by atoms with Gasteiger partial charge in [0, 0.05) is 23.6 Å². The number of amides is 1. The van der Waals surface area contributed by atoms with Gasteiger partial charge < -0.3 is 0 Å².